The lowest BCUT2D eigenvalue weighted by Gasteiger charge is -2.24. The molecule has 0 bridgehead atoms. The zero-order valence-electron chi connectivity index (χ0n) is 12.9. The fourth-order valence-corrected chi connectivity index (χ4v) is 3.78. The van der Waals surface area contributed by atoms with Gasteiger partial charge in [0.25, 0.3) is 0 Å². The van der Waals surface area contributed by atoms with E-state index >= 15 is 0 Å². The van der Waals surface area contributed by atoms with E-state index in [9.17, 15) is 4.79 Å². The molecule has 2 saturated carbocycles. The Kier molecular flexibility index (Phi) is 4.48. The fourth-order valence-electron chi connectivity index (χ4n) is 3.78. The molecule has 112 valence electrons. The molecule has 0 radical (unpaired) electrons. The van der Waals surface area contributed by atoms with Gasteiger partial charge in [-0.2, -0.15) is 0 Å². The van der Waals surface area contributed by atoms with Crippen LogP contribution < -0.4 is 0 Å². The van der Waals surface area contributed by atoms with E-state index in [-0.39, 0.29) is 0 Å². The highest BCUT2D eigenvalue weighted by atomic mass is 16.2. The number of amides is 1. The van der Waals surface area contributed by atoms with E-state index in [1.54, 1.807) is 0 Å². The van der Waals surface area contributed by atoms with E-state index in [0.29, 0.717) is 11.8 Å². The van der Waals surface area contributed by atoms with Crippen LogP contribution in [0.15, 0.2) is 12.2 Å². The van der Waals surface area contributed by atoms with Gasteiger partial charge >= 0.3 is 0 Å². The number of nitrogens with zero attached hydrogens (tertiary/aromatic N) is 1. The van der Waals surface area contributed by atoms with Crippen LogP contribution in [0.2, 0.25) is 0 Å². The van der Waals surface area contributed by atoms with Crippen molar-refractivity contribution in [3.63, 3.8) is 0 Å². The van der Waals surface area contributed by atoms with Crippen molar-refractivity contribution in [2.75, 3.05) is 13.1 Å². The van der Waals surface area contributed by atoms with E-state index < -0.39 is 0 Å². The van der Waals surface area contributed by atoms with E-state index in [1.807, 2.05) is 0 Å². The second kappa shape index (κ2) is 6.32. The van der Waals surface area contributed by atoms with Crippen LogP contribution in [0.5, 0.6) is 0 Å². The van der Waals surface area contributed by atoms with Crippen molar-refractivity contribution in [3.05, 3.63) is 12.2 Å². The van der Waals surface area contributed by atoms with Crippen molar-refractivity contribution < 1.29 is 4.79 Å². The summed E-state index contributed by atoms with van der Waals surface area (Å²) in [7, 11) is 0. The Morgan fingerprint density at radius 1 is 1.25 bits per heavy atom. The maximum atomic E-state index is 12.4. The van der Waals surface area contributed by atoms with Gasteiger partial charge in [0, 0.05) is 19.0 Å². The second-order valence-electron chi connectivity index (χ2n) is 7.12. The fraction of sp³-hybridized carbons (Fsp3) is 0.833. The molecule has 0 aromatic rings. The molecule has 3 aliphatic rings. The van der Waals surface area contributed by atoms with E-state index in [0.717, 1.165) is 43.7 Å². The average molecular weight is 275 g/mol. The van der Waals surface area contributed by atoms with Crippen molar-refractivity contribution in [3.8, 4) is 0 Å². The van der Waals surface area contributed by atoms with Gasteiger partial charge in [0.1, 0.15) is 0 Å². The Morgan fingerprint density at radius 2 is 2.10 bits per heavy atom. The predicted octanol–water partition coefficient (Wildman–Crippen LogP) is 4.02. The van der Waals surface area contributed by atoms with Crippen LogP contribution in [-0.2, 0) is 4.79 Å². The molecule has 0 N–H and O–H groups in total. The molecule has 2 nitrogen and oxygen atoms in total. The molecular formula is C18H29NO. The standard InChI is InChI=1S/C18H29NO/c1-2-3-11-19(18(20)15-9-10-15)13-16-12-17(16)14-7-5-4-6-8-14/h4-5,14-17H,2-3,6-13H2,1H3/t14?,16-,17?/m1/s1. The smallest absolute Gasteiger partial charge is 0.225 e. The Balaban J connectivity index is 1.49. The van der Waals surface area contributed by atoms with Crippen molar-refractivity contribution in [1.29, 1.82) is 0 Å². The van der Waals surface area contributed by atoms with E-state index in [4.69, 9.17) is 0 Å². The zero-order chi connectivity index (χ0) is 13.9. The Labute approximate surface area is 123 Å². The quantitative estimate of drug-likeness (QED) is 0.643. The van der Waals surface area contributed by atoms with Crippen LogP contribution in [0.3, 0.4) is 0 Å². The zero-order valence-corrected chi connectivity index (χ0v) is 12.9. The molecular weight excluding hydrogens is 246 g/mol. The monoisotopic (exact) mass is 275 g/mol. The predicted molar refractivity (Wildman–Crippen MR) is 82.3 cm³/mol. The summed E-state index contributed by atoms with van der Waals surface area (Å²) in [5, 5.41) is 0. The maximum absolute atomic E-state index is 12.4. The molecule has 0 spiro atoms. The van der Waals surface area contributed by atoms with Crippen LogP contribution in [0, 0.1) is 23.7 Å². The second-order valence-corrected chi connectivity index (χ2v) is 7.12. The molecule has 0 aliphatic heterocycles. The number of hydrogen-bond acceptors (Lipinski definition) is 1. The minimum atomic E-state index is 0.390. The first-order valence-electron chi connectivity index (χ1n) is 8.73. The molecule has 3 atom stereocenters. The minimum absolute atomic E-state index is 0.390. The third-order valence-electron chi connectivity index (χ3n) is 5.37. The number of hydrogen-bond donors (Lipinski definition) is 0. The van der Waals surface area contributed by atoms with Crippen LogP contribution in [0.4, 0.5) is 0 Å². The first kappa shape index (κ1) is 14.2. The summed E-state index contributed by atoms with van der Waals surface area (Å²) in [5.41, 5.74) is 0. The van der Waals surface area contributed by atoms with Gasteiger partial charge < -0.3 is 4.90 Å². The summed E-state index contributed by atoms with van der Waals surface area (Å²) in [4.78, 5) is 14.6. The summed E-state index contributed by atoms with van der Waals surface area (Å²) in [6.07, 6.45) is 14.7. The molecule has 20 heavy (non-hydrogen) atoms. The highest BCUT2D eigenvalue weighted by molar-refractivity contribution is 5.81. The third-order valence-corrected chi connectivity index (χ3v) is 5.37. The Morgan fingerprint density at radius 3 is 2.75 bits per heavy atom. The molecule has 2 heteroatoms. The normalized spacial score (nSPS) is 32.1. The SMILES string of the molecule is CCCCN(C[C@H]1CC1C1CC=CCC1)C(=O)C1CC1. The number of carbonyl (C=O) groups is 1. The summed E-state index contributed by atoms with van der Waals surface area (Å²) >= 11 is 0. The van der Waals surface area contributed by atoms with Crippen molar-refractivity contribution in [1.82, 2.24) is 4.90 Å². The summed E-state index contributed by atoms with van der Waals surface area (Å²) in [6, 6.07) is 0. The van der Waals surface area contributed by atoms with Gasteiger partial charge in [0.15, 0.2) is 0 Å². The lowest BCUT2D eigenvalue weighted by Crippen LogP contribution is -2.35. The molecule has 1 amide bonds. The minimum Gasteiger partial charge on any atom is -0.342 e. The van der Waals surface area contributed by atoms with Crippen LogP contribution in [-0.4, -0.2) is 23.9 Å². The molecule has 2 unspecified atom stereocenters. The number of rotatable bonds is 7. The summed E-state index contributed by atoms with van der Waals surface area (Å²) in [5.74, 6) is 3.49. The average Bonchev–Trinajstić information content (AvgIpc) is 3.38. The topological polar surface area (TPSA) is 20.3 Å². The third kappa shape index (κ3) is 3.45. The first-order valence-corrected chi connectivity index (χ1v) is 8.73. The highest BCUT2D eigenvalue weighted by Crippen LogP contribution is 2.49. The number of unbranched alkanes of at least 4 members (excludes halogenated alkanes) is 1. The van der Waals surface area contributed by atoms with Gasteiger partial charge in [-0.15, -0.1) is 0 Å². The molecule has 0 aromatic carbocycles. The molecule has 2 fully saturated rings. The molecule has 0 aromatic heterocycles. The van der Waals surface area contributed by atoms with Gasteiger partial charge in [-0.1, -0.05) is 25.5 Å². The van der Waals surface area contributed by atoms with E-state index in [1.165, 1.54) is 38.5 Å². The first-order chi connectivity index (χ1) is 9.79. The molecule has 3 rings (SSSR count). The van der Waals surface area contributed by atoms with Crippen molar-refractivity contribution in [2.45, 2.75) is 58.3 Å². The Bertz CT molecular complexity index is 372. The van der Waals surface area contributed by atoms with Crippen LogP contribution >= 0.6 is 0 Å². The van der Waals surface area contributed by atoms with Crippen LogP contribution in [0.25, 0.3) is 0 Å². The van der Waals surface area contributed by atoms with Gasteiger partial charge in [0.05, 0.1) is 0 Å². The largest absolute Gasteiger partial charge is 0.342 e. The summed E-state index contributed by atoms with van der Waals surface area (Å²) < 4.78 is 0. The maximum Gasteiger partial charge on any atom is 0.225 e. The Hall–Kier alpha value is -0.790. The van der Waals surface area contributed by atoms with Gasteiger partial charge in [-0.3, -0.25) is 4.79 Å². The van der Waals surface area contributed by atoms with Gasteiger partial charge in [0.2, 0.25) is 5.91 Å². The van der Waals surface area contributed by atoms with Crippen molar-refractivity contribution >= 4 is 5.91 Å². The summed E-state index contributed by atoms with van der Waals surface area (Å²) in [6.45, 7) is 4.27. The number of carbonyl (C=O) groups excluding carboxylic acids is 1. The van der Waals surface area contributed by atoms with Crippen molar-refractivity contribution in [2.24, 2.45) is 23.7 Å². The van der Waals surface area contributed by atoms with Gasteiger partial charge in [-0.25, -0.2) is 0 Å². The molecule has 0 heterocycles. The number of allylic oxidation sites excluding steroid dienone is 2. The van der Waals surface area contributed by atoms with E-state index in [2.05, 4.69) is 24.0 Å². The van der Waals surface area contributed by atoms with Crippen LogP contribution in [0.1, 0.15) is 58.3 Å². The highest BCUT2D eigenvalue weighted by Gasteiger charge is 2.44. The molecule has 0 saturated heterocycles. The lowest BCUT2D eigenvalue weighted by molar-refractivity contribution is -0.133. The molecule has 3 aliphatic carbocycles. The van der Waals surface area contributed by atoms with Gasteiger partial charge in [-0.05, 0) is 62.7 Å². The lowest BCUT2D eigenvalue weighted by atomic mass is 9.89.